The van der Waals surface area contributed by atoms with Crippen LogP contribution >= 0.6 is 11.3 Å². The van der Waals surface area contributed by atoms with Gasteiger partial charge in [0, 0.05) is 4.88 Å². The summed E-state index contributed by atoms with van der Waals surface area (Å²) in [5, 5.41) is 0. The van der Waals surface area contributed by atoms with E-state index in [9.17, 15) is 4.79 Å². The number of rotatable bonds is 1. The maximum atomic E-state index is 10.5. The fraction of sp³-hybridized carbons (Fsp3) is 0.500. The molecule has 1 atom stereocenters. The molecule has 0 aliphatic heterocycles. The van der Waals surface area contributed by atoms with E-state index in [4.69, 9.17) is 0 Å². The predicted octanol–water partition coefficient (Wildman–Crippen LogP) is 2.69. The van der Waals surface area contributed by atoms with Crippen LogP contribution < -0.4 is 0 Å². The Bertz CT molecular complexity index is 301. The molecule has 0 spiro atoms. The Hall–Kier alpha value is -0.630. The van der Waals surface area contributed by atoms with Crippen molar-refractivity contribution >= 4 is 17.6 Å². The minimum atomic E-state index is 0.798. The van der Waals surface area contributed by atoms with Crippen molar-refractivity contribution in [2.24, 2.45) is 5.92 Å². The predicted molar refractivity (Wildman–Crippen MR) is 50.9 cm³/mol. The largest absolute Gasteiger partial charge is 0.297 e. The van der Waals surface area contributed by atoms with Gasteiger partial charge < -0.3 is 0 Å². The number of aryl methyl sites for hydroxylation is 1. The lowest BCUT2D eigenvalue weighted by atomic mass is 9.90. The summed E-state index contributed by atoms with van der Waals surface area (Å²) in [7, 11) is 0. The first-order valence-corrected chi connectivity index (χ1v) is 5.18. The van der Waals surface area contributed by atoms with Crippen molar-refractivity contribution < 1.29 is 4.79 Å². The van der Waals surface area contributed by atoms with Crippen LogP contribution in [0.4, 0.5) is 0 Å². The van der Waals surface area contributed by atoms with Crippen molar-refractivity contribution in [3.05, 3.63) is 21.4 Å². The fourth-order valence-corrected chi connectivity index (χ4v) is 2.81. The summed E-state index contributed by atoms with van der Waals surface area (Å²) in [6.45, 7) is 2.28. The third-order valence-electron chi connectivity index (χ3n) is 2.46. The second-order valence-electron chi connectivity index (χ2n) is 3.56. The van der Waals surface area contributed by atoms with Crippen LogP contribution in [0.25, 0.3) is 0 Å². The molecule has 1 aliphatic rings. The molecular formula is C10H12OS. The van der Waals surface area contributed by atoms with Crippen LogP contribution in [0.3, 0.4) is 0 Å². The number of fused-ring (bicyclic) bond motifs is 1. The van der Waals surface area contributed by atoms with Crippen LogP contribution in [0.2, 0.25) is 0 Å². The highest BCUT2D eigenvalue weighted by Gasteiger charge is 2.17. The zero-order valence-corrected chi connectivity index (χ0v) is 7.99. The molecule has 0 saturated heterocycles. The summed E-state index contributed by atoms with van der Waals surface area (Å²) >= 11 is 1.67. The van der Waals surface area contributed by atoms with Gasteiger partial charge in [-0.15, -0.1) is 11.3 Å². The molecule has 0 saturated carbocycles. The highest BCUT2D eigenvalue weighted by Crippen LogP contribution is 2.31. The molecule has 0 unspecified atom stereocenters. The smallest absolute Gasteiger partial charge is 0.160 e. The van der Waals surface area contributed by atoms with Crippen molar-refractivity contribution in [2.45, 2.75) is 26.2 Å². The lowest BCUT2D eigenvalue weighted by molar-refractivity contribution is 0.112. The van der Waals surface area contributed by atoms with Gasteiger partial charge >= 0.3 is 0 Å². The zero-order chi connectivity index (χ0) is 8.55. The van der Waals surface area contributed by atoms with Gasteiger partial charge in [-0.25, -0.2) is 0 Å². The molecule has 1 aromatic rings. The van der Waals surface area contributed by atoms with E-state index in [-0.39, 0.29) is 0 Å². The third kappa shape index (κ3) is 1.31. The summed E-state index contributed by atoms with van der Waals surface area (Å²) in [4.78, 5) is 12.9. The molecule has 12 heavy (non-hydrogen) atoms. The minimum Gasteiger partial charge on any atom is -0.297 e. The van der Waals surface area contributed by atoms with Crippen LogP contribution in [0.1, 0.15) is 33.5 Å². The van der Waals surface area contributed by atoms with E-state index in [0.29, 0.717) is 0 Å². The van der Waals surface area contributed by atoms with Gasteiger partial charge in [0.2, 0.25) is 0 Å². The number of thiophene rings is 1. The Kier molecular flexibility index (Phi) is 2.01. The van der Waals surface area contributed by atoms with Crippen LogP contribution in [-0.4, -0.2) is 6.29 Å². The van der Waals surface area contributed by atoms with Crippen LogP contribution in [0, 0.1) is 5.92 Å². The second-order valence-corrected chi connectivity index (χ2v) is 4.73. The molecule has 0 aromatic carbocycles. The van der Waals surface area contributed by atoms with Crippen molar-refractivity contribution in [2.75, 3.05) is 0 Å². The maximum absolute atomic E-state index is 10.5. The van der Waals surface area contributed by atoms with Crippen LogP contribution in [-0.2, 0) is 12.8 Å². The van der Waals surface area contributed by atoms with E-state index in [1.807, 2.05) is 0 Å². The zero-order valence-electron chi connectivity index (χ0n) is 7.17. The van der Waals surface area contributed by atoms with Gasteiger partial charge in [0.05, 0.1) is 4.88 Å². The monoisotopic (exact) mass is 180 g/mol. The van der Waals surface area contributed by atoms with Gasteiger partial charge in [0.1, 0.15) is 0 Å². The van der Waals surface area contributed by atoms with Crippen molar-refractivity contribution in [1.82, 2.24) is 0 Å². The molecule has 2 heteroatoms. The summed E-state index contributed by atoms with van der Waals surface area (Å²) in [6.07, 6.45) is 4.59. The highest BCUT2D eigenvalue weighted by molar-refractivity contribution is 7.13. The molecule has 1 heterocycles. The number of hydrogen-bond acceptors (Lipinski definition) is 2. The summed E-state index contributed by atoms with van der Waals surface area (Å²) in [6, 6.07) is 2.06. The molecule has 64 valence electrons. The van der Waals surface area contributed by atoms with Crippen molar-refractivity contribution in [3.8, 4) is 0 Å². The summed E-state index contributed by atoms with van der Waals surface area (Å²) in [5.74, 6) is 0.798. The second kappa shape index (κ2) is 3.02. The Morgan fingerprint density at radius 1 is 1.67 bits per heavy atom. The average Bonchev–Trinajstić information content (AvgIpc) is 2.46. The van der Waals surface area contributed by atoms with E-state index in [2.05, 4.69) is 13.0 Å². The summed E-state index contributed by atoms with van der Waals surface area (Å²) < 4.78 is 0. The van der Waals surface area contributed by atoms with Gasteiger partial charge in [0.15, 0.2) is 6.29 Å². The van der Waals surface area contributed by atoms with Crippen LogP contribution in [0.5, 0.6) is 0 Å². The van der Waals surface area contributed by atoms with Crippen molar-refractivity contribution in [1.29, 1.82) is 0 Å². The molecule has 0 bridgehead atoms. The van der Waals surface area contributed by atoms with Gasteiger partial charge in [-0.05, 0) is 36.8 Å². The Morgan fingerprint density at radius 2 is 2.50 bits per heavy atom. The molecular weight excluding hydrogens is 168 g/mol. The number of aldehydes is 1. The lowest BCUT2D eigenvalue weighted by Crippen LogP contribution is -2.07. The standard InChI is InChI=1S/C10H12OS/c1-7-2-3-10-8(4-7)5-9(6-11)12-10/h5-7H,2-4H2,1H3/t7-/m1/s1. The van der Waals surface area contributed by atoms with E-state index >= 15 is 0 Å². The van der Waals surface area contributed by atoms with Gasteiger partial charge in [-0.1, -0.05) is 6.92 Å². The molecule has 0 N–H and O–H groups in total. The minimum absolute atomic E-state index is 0.798. The van der Waals surface area contributed by atoms with E-state index in [1.165, 1.54) is 29.7 Å². The first-order valence-electron chi connectivity index (χ1n) is 4.36. The molecule has 1 nitrogen and oxygen atoms in total. The molecule has 0 amide bonds. The first kappa shape index (κ1) is 7.99. The molecule has 1 aliphatic carbocycles. The first-order chi connectivity index (χ1) is 5.79. The van der Waals surface area contributed by atoms with E-state index in [1.54, 1.807) is 11.3 Å². The van der Waals surface area contributed by atoms with E-state index in [0.717, 1.165) is 17.1 Å². The number of carbonyl (C=O) groups is 1. The van der Waals surface area contributed by atoms with Crippen LogP contribution in [0.15, 0.2) is 6.07 Å². The van der Waals surface area contributed by atoms with Gasteiger partial charge in [-0.2, -0.15) is 0 Å². The normalized spacial score (nSPS) is 21.9. The molecule has 2 rings (SSSR count). The Balaban J connectivity index is 2.34. The molecule has 0 fully saturated rings. The number of carbonyl (C=O) groups excluding carboxylic acids is 1. The molecule has 1 aromatic heterocycles. The SMILES string of the molecule is C[C@@H]1CCc2sc(C=O)cc2C1. The maximum Gasteiger partial charge on any atom is 0.160 e. The summed E-state index contributed by atoms with van der Waals surface area (Å²) in [5.41, 5.74) is 1.42. The number of hydrogen-bond donors (Lipinski definition) is 0. The Labute approximate surface area is 76.4 Å². The van der Waals surface area contributed by atoms with Gasteiger partial charge in [0.25, 0.3) is 0 Å². The molecule has 0 radical (unpaired) electrons. The third-order valence-corrected chi connectivity index (χ3v) is 3.63. The highest BCUT2D eigenvalue weighted by atomic mass is 32.1. The lowest BCUT2D eigenvalue weighted by Gasteiger charge is -2.16. The van der Waals surface area contributed by atoms with Gasteiger partial charge in [-0.3, -0.25) is 4.79 Å². The quantitative estimate of drug-likeness (QED) is 0.607. The average molecular weight is 180 g/mol. The Morgan fingerprint density at radius 3 is 3.25 bits per heavy atom. The van der Waals surface area contributed by atoms with E-state index < -0.39 is 0 Å². The topological polar surface area (TPSA) is 17.1 Å². The van der Waals surface area contributed by atoms with Crippen molar-refractivity contribution in [3.63, 3.8) is 0 Å². The fourth-order valence-electron chi connectivity index (χ4n) is 1.79.